The standard InChI is InChI=1S/C14H17FN2O/c1-4-5-9(2)13-14(18-3)17-12-8-10(15)6-7-11(12)16-13/h6-9H,4-5H2,1-3H3. The van der Waals surface area contributed by atoms with Crippen molar-refractivity contribution in [3.05, 3.63) is 29.7 Å². The van der Waals surface area contributed by atoms with Crippen LogP contribution >= 0.6 is 0 Å². The van der Waals surface area contributed by atoms with Gasteiger partial charge in [0.2, 0.25) is 5.88 Å². The van der Waals surface area contributed by atoms with Crippen molar-refractivity contribution < 1.29 is 9.13 Å². The van der Waals surface area contributed by atoms with Crippen molar-refractivity contribution in [3.8, 4) is 5.88 Å². The number of methoxy groups -OCH3 is 1. The van der Waals surface area contributed by atoms with E-state index >= 15 is 0 Å². The first-order valence-electron chi connectivity index (χ1n) is 6.17. The fourth-order valence-corrected chi connectivity index (χ4v) is 2.07. The van der Waals surface area contributed by atoms with Crippen LogP contribution in [0, 0.1) is 5.82 Å². The monoisotopic (exact) mass is 248 g/mol. The van der Waals surface area contributed by atoms with Gasteiger partial charge in [-0.1, -0.05) is 20.3 Å². The van der Waals surface area contributed by atoms with E-state index in [1.165, 1.54) is 12.1 Å². The summed E-state index contributed by atoms with van der Waals surface area (Å²) in [5.74, 6) is 0.467. The molecule has 0 saturated carbocycles. The van der Waals surface area contributed by atoms with Crippen LogP contribution in [-0.4, -0.2) is 17.1 Å². The number of hydrogen-bond acceptors (Lipinski definition) is 3. The first-order valence-corrected chi connectivity index (χ1v) is 6.17. The molecule has 0 spiro atoms. The molecule has 18 heavy (non-hydrogen) atoms. The maximum absolute atomic E-state index is 13.1. The largest absolute Gasteiger partial charge is 0.480 e. The Hall–Kier alpha value is -1.71. The number of benzene rings is 1. The fraction of sp³-hybridized carbons (Fsp3) is 0.429. The van der Waals surface area contributed by atoms with Crippen molar-refractivity contribution in [2.24, 2.45) is 0 Å². The van der Waals surface area contributed by atoms with Gasteiger partial charge in [0.1, 0.15) is 11.5 Å². The van der Waals surface area contributed by atoms with Crippen LogP contribution in [-0.2, 0) is 0 Å². The Kier molecular flexibility index (Phi) is 3.75. The number of halogens is 1. The van der Waals surface area contributed by atoms with Crippen LogP contribution < -0.4 is 4.74 Å². The second kappa shape index (κ2) is 5.29. The van der Waals surface area contributed by atoms with Crippen molar-refractivity contribution in [1.82, 2.24) is 9.97 Å². The van der Waals surface area contributed by atoms with Crippen LogP contribution in [0.5, 0.6) is 5.88 Å². The number of hydrogen-bond donors (Lipinski definition) is 0. The minimum atomic E-state index is -0.312. The average molecular weight is 248 g/mol. The molecule has 1 aromatic heterocycles. The van der Waals surface area contributed by atoms with Gasteiger partial charge in [0.15, 0.2) is 0 Å². The van der Waals surface area contributed by atoms with Crippen LogP contribution in [0.2, 0.25) is 0 Å². The smallest absolute Gasteiger partial charge is 0.236 e. The number of aromatic nitrogens is 2. The van der Waals surface area contributed by atoms with Crippen molar-refractivity contribution in [2.75, 3.05) is 7.11 Å². The molecule has 0 aliphatic heterocycles. The molecular weight excluding hydrogens is 231 g/mol. The Labute approximate surface area is 106 Å². The predicted molar refractivity (Wildman–Crippen MR) is 69.4 cm³/mol. The molecule has 0 fully saturated rings. The molecule has 0 aliphatic carbocycles. The molecule has 0 N–H and O–H groups in total. The van der Waals surface area contributed by atoms with E-state index in [9.17, 15) is 4.39 Å². The van der Waals surface area contributed by atoms with Crippen molar-refractivity contribution in [2.45, 2.75) is 32.6 Å². The van der Waals surface area contributed by atoms with Crippen LogP contribution in [0.25, 0.3) is 11.0 Å². The zero-order chi connectivity index (χ0) is 13.1. The van der Waals surface area contributed by atoms with Crippen LogP contribution in [0.15, 0.2) is 18.2 Å². The lowest BCUT2D eigenvalue weighted by Gasteiger charge is -2.13. The van der Waals surface area contributed by atoms with E-state index in [2.05, 4.69) is 23.8 Å². The Balaban J connectivity index is 2.55. The van der Waals surface area contributed by atoms with Gasteiger partial charge >= 0.3 is 0 Å². The molecule has 1 atom stereocenters. The molecular formula is C14H17FN2O. The zero-order valence-electron chi connectivity index (χ0n) is 10.9. The Morgan fingerprint density at radius 2 is 2.06 bits per heavy atom. The van der Waals surface area contributed by atoms with Crippen molar-refractivity contribution >= 4 is 11.0 Å². The van der Waals surface area contributed by atoms with Gasteiger partial charge in [0, 0.05) is 12.0 Å². The molecule has 0 saturated heterocycles. The number of nitrogens with zero attached hydrogens (tertiary/aromatic N) is 2. The molecule has 3 nitrogen and oxygen atoms in total. The average Bonchev–Trinajstić information content (AvgIpc) is 2.37. The maximum Gasteiger partial charge on any atom is 0.236 e. The van der Waals surface area contributed by atoms with E-state index in [1.54, 1.807) is 13.2 Å². The zero-order valence-corrected chi connectivity index (χ0v) is 10.9. The van der Waals surface area contributed by atoms with Crippen LogP contribution in [0.4, 0.5) is 4.39 Å². The van der Waals surface area contributed by atoms with Gasteiger partial charge in [0.05, 0.1) is 18.1 Å². The van der Waals surface area contributed by atoms with Gasteiger partial charge in [-0.3, -0.25) is 0 Å². The topological polar surface area (TPSA) is 35.0 Å². The Morgan fingerprint density at radius 3 is 2.72 bits per heavy atom. The summed E-state index contributed by atoms with van der Waals surface area (Å²) in [4.78, 5) is 8.88. The molecule has 4 heteroatoms. The van der Waals surface area contributed by atoms with Crippen molar-refractivity contribution in [1.29, 1.82) is 0 Å². The highest BCUT2D eigenvalue weighted by Crippen LogP contribution is 2.28. The first-order chi connectivity index (χ1) is 8.65. The number of rotatable bonds is 4. The van der Waals surface area contributed by atoms with Crippen LogP contribution in [0.1, 0.15) is 38.3 Å². The second-order valence-corrected chi connectivity index (χ2v) is 4.44. The van der Waals surface area contributed by atoms with Crippen molar-refractivity contribution in [3.63, 3.8) is 0 Å². The third-order valence-corrected chi connectivity index (χ3v) is 3.00. The lowest BCUT2D eigenvalue weighted by molar-refractivity contribution is 0.386. The lowest BCUT2D eigenvalue weighted by atomic mass is 10.0. The van der Waals surface area contributed by atoms with E-state index in [0.717, 1.165) is 18.5 Å². The highest BCUT2D eigenvalue weighted by molar-refractivity contribution is 5.75. The second-order valence-electron chi connectivity index (χ2n) is 4.44. The highest BCUT2D eigenvalue weighted by atomic mass is 19.1. The minimum absolute atomic E-state index is 0.284. The van der Waals surface area contributed by atoms with Gasteiger partial charge < -0.3 is 4.74 Å². The lowest BCUT2D eigenvalue weighted by Crippen LogP contribution is -2.04. The highest BCUT2D eigenvalue weighted by Gasteiger charge is 2.15. The summed E-state index contributed by atoms with van der Waals surface area (Å²) in [5.41, 5.74) is 2.08. The summed E-state index contributed by atoms with van der Waals surface area (Å²) in [5, 5.41) is 0. The quantitative estimate of drug-likeness (QED) is 0.827. The molecule has 0 aliphatic rings. The summed E-state index contributed by atoms with van der Waals surface area (Å²) < 4.78 is 18.4. The number of ether oxygens (including phenoxy) is 1. The van der Waals surface area contributed by atoms with Gasteiger partial charge in [-0.15, -0.1) is 0 Å². The predicted octanol–water partition coefficient (Wildman–Crippen LogP) is 3.68. The van der Waals surface area contributed by atoms with E-state index < -0.39 is 0 Å². The third kappa shape index (κ3) is 2.42. The molecule has 96 valence electrons. The fourth-order valence-electron chi connectivity index (χ4n) is 2.07. The van der Waals surface area contributed by atoms with Gasteiger partial charge in [0.25, 0.3) is 0 Å². The summed E-state index contributed by atoms with van der Waals surface area (Å²) in [6.07, 6.45) is 2.10. The van der Waals surface area contributed by atoms with Crippen LogP contribution in [0.3, 0.4) is 0 Å². The first kappa shape index (κ1) is 12.7. The van der Waals surface area contributed by atoms with Gasteiger partial charge in [-0.05, 0) is 18.6 Å². The van der Waals surface area contributed by atoms with E-state index in [0.29, 0.717) is 16.9 Å². The number of fused-ring (bicyclic) bond motifs is 1. The molecule has 0 amide bonds. The molecule has 1 aromatic carbocycles. The molecule has 2 aromatic rings. The van der Waals surface area contributed by atoms with Gasteiger partial charge in [-0.2, -0.15) is 0 Å². The summed E-state index contributed by atoms with van der Waals surface area (Å²) in [6, 6.07) is 4.43. The van der Waals surface area contributed by atoms with E-state index in [-0.39, 0.29) is 11.7 Å². The van der Waals surface area contributed by atoms with E-state index in [1.807, 2.05) is 0 Å². The molecule has 1 unspecified atom stereocenters. The molecule has 0 radical (unpaired) electrons. The summed E-state index contributed by atoms with van der Waals surface area (Å²) in [7, 11) is 1.57. The summed E-state index contributed by atoms with van der Waals surface area (Å²) >= 11 is 0. The minimum Gasteiger partial charge on any atom is -0.480 e. The maximum atomic E-state index is 13.1. The Bertz CT molecular complexity index is 557. The SMILES string of the molecule is CCCC(C)c1nc2ccc(F)cc2nc1OC. The van der Waals surface area contributed by atoms with Gasteiger partial charge in [-0.25, -0.2) is 14.4 Å². The Morgan fingerprint density at radius 1 is 1.28 bits per heavy atom. The third-order valence-electron chi connectivity index (χ3n) is 3.00. The molecule has 2 rings (SSSR count). The summed E-state index contributed by atoms with van der Waals surface area (Å²) in [6.45, 7) is 4.23. The van der Waals surface area contributed by atoms with E-state index in [4.69, 9.17) is 4.74 Å². The molecule has 1 heterocycles. The normalized spacial score (nSPS) is 12.7. The molecule has 0 bridgehead atoms.